The summed E-state index contributed by atoms with van der Waals surface area (Å²) in [6.45, 7) is 4.66. The van der Waals surface area contributed by atoms with E-state index in [0.717, 1.165) is 16.7 Å². The number of nitrogens with zero attached hydrogens (tertiary/aromatic N) is 1. The number of carbonyl (C=O) groups excluding carboxylic acids is 2. The summed E-state index contributed by atoms with van der Waals surface area (Å²) >= 11 is 0. The highest BCUT2D eigenvalue weighted by atomic mass is 16.6. The van der Waals surface area contributed by atoms with Crippen molar-refractivity contribution in [1.29, 1.82) is 0 Å². The largest absolute Gasteiger partial charge is 0.464 e. The monoisotopic (exact) mass is 447 g/mol. The Morgan fingerprint density at radius 2 is 1.79 bits per heavy atom. The standard InChI is InChI=1S/C27H29NO5/c1-3-33-27(31)25(29)19-32-18-22-12-10-21(11-13-22)6-4-16-28-17-5-7-24(28)26(30)23-14-8-20(2)9-15-23/h4-15,17,25,29H,3,16,18-19H2,1-2H3/t25-/m1/s1. The predicted molar refractivity (Wildman–Crippen MR) is 127 cm³/mol. The number of aryl methyl sites for hydroxylation is 1. The summed E-state index contributed by atoms with van der Waals surface area (Å²) in [7, 11) is 0. The minimum atomic E-state index is -1.27. The van der Waals surface area contributed by atoms with Gasteiger partial charge in [-0.25, -0.2) is 4.79 Å². The highest BCUT2D eigenvalue weighted by molar-refractivity contribution is 6.08. The first-order valence-corrected chi connectivity index (χ1v) is 10.9. The molecule has 0 aliphatic rings. The van der Waals surface area contributed by atoms with Crippen molar-refractivity contribution in [2.75, 3.05) is 13.2 Å². The Labute approximate surface area is 194 Å². The average molecular weight is 448 g/mol. The quantitative estimate of drug-likeness (QED) is 0.352. The number of hydrogen-bond acceptors (Lipinski definition) is 5. The topological polar surface area (TPSA) is 77.8 Å². The summed E-state index contributed by atoms with van der Waals surface area (Å²) in [6, 6.07) is 19.1. The molecular formula is C27H29NO5. The van der Waals surface area contributed by atoms with Crippen LogP contribution in [-0.2, 0) is 27.4 Å². The fourth-order valence-corrected chi connectivity index (χ4v) is 3.25. The molecule has 172 valence electrons. The van der Waals surface area contributed by atoms with Crippen molar-refractivity contribution in [3.63, 3.8) is 0 Å². The second kappa shape index (κ2) is 11.9. The van der Waals surface area contributed by atoms with E-state index in [4.69, 9.17) is 9.47 Å². The minimum Gasteiger partial charge on any atom is -0.464 e. The molecule has 6 nitrogen and oxygen atoms in total. The molecule has 0 aliphatic carbocycles. The molecule has 6 heteroatoms. The number of ether oxygens (including phenoxy) is 2. The van der Waals surface area contributed by atoms with E-state index in [1.165, 1.54) is 0 Å². The molecule has 33 heavy (non-hydrogen) atoms. The van der Waals surface area contributed by atoms with Crippen LogP contribution in [0.25, 0.3) is 6.08 Å². The third kappa shape index (κ3) is 7.00. The van der Waals surface area contributed by atoms with E-state index in [1.54, 1.807) is 6.92 Å². The maximum Gasteiger partial charge on any atom is 0.337 e. The molecule has 0 bridgehead atoms. The smallest absolute Gasteiger partial charge is 0.337 e. The lowest BCUT2D eigenvalue weighted by atomic mass is 10.1. The normalized spacial score (nSPS) is 12.1. The molecule has 0 saturated carbocycles. The number of ketones is 1. The molecule has 0 saturated heterocycles. The Bertz CT molecular complexity index is 1080. The van der Waals surface area contributed by atoms with Crippen molar-refractivity contribution in [1.82, 2.24) is 4.57 Å². The summed E-state index contributed by atoms with van der Waals surface area (Å²) in [5, 5.41) is 9.64. The van der Waals surface area contributed by atoms with Gasteiger partial charge in [-0.3, -0.25) is 4.79 Å². The highest BCUT2D eigenvalue weighted by Crippen LogP contribution is 2.13. The van der Waals surface area contributed by atoms with E-state index < -0.39 is 12.1 Å². The van der Waals surface area contributed by atoms with Crippen LogP contribution in [0.4, 0.5) is 0 Å². The van der Waals surface area contributed by atoms with Crippen LogP contribution in [-0.4, -0.2) is 40.7 Å². The molecule has 0 amide bonds. The zero-order valence-corrected chi connectivity index (χ0v) is 18.9. The van der Waals surface area contributed by atoms with E-state index in [-0.39, 0.29) is 25.6 Å². The number of benzene rings is 2. The second-order valence-electron chi connectivity index (χ2n) is 7.67. The van der Waals surface area contributed by atoms with Gasteiger partial charge in [0.05, 0.1) is 25.5 Å². The first kappa shape index (κ1) is 24.2. The fraction of sp³-hybridized carbons (Fsp3) is 0.259. The lowest BCUT2D eigenvalue weighted by molar-refractivity contribution is -0.156. The molecule has 0 unspecified atom stereocenters. The van der Waals surface area contributed by atoms with Crippen molar-refractivity contribution in [3.05, 3.63) is 101 Å². The molecular weight excluding hydrogens is 418 g/mol. The van der Waals surface area contributed by atoms with Gasteiger partial charge >= 0.3 is 5.97 Å². The van der Waals surface area contributed by atoms with Crippen LogP contribution >= 0.6 is 0 Å². The van der Waals surface area contributed by atoms with E-state index >= 15 is 0 Å². The summed E-state index contributed by atoms with van der Waals surface area (Å²) in [6.07, 6.45) is 4.63. The molecule has 3 aromatic rings. The molecule has 1 atom stereocenters. The van der Waals surface area contributed by atoms with E-state index in [1.807, 2.05) is 90.5 Å². The van der Waals surface area contributed by atoms with Crippen LogP contribution in [0.15, 0.2) is 72.9 Å². The third-order valence-electron chi connectivity index (χ3n) is 5.07. The van der Waals surface area contributed by atoms with Gasteiger partial charge in [-0.1, -0.05) is 66.2 Å². The van der Waals surface area contributed by atoms with Gasteiger partial charge in [0.25, 0.3) is 0 Å². The molecule has 0 radical (unpaired) electrons. The summed E-state index contributed by atoms with van der Waals surface area (Å²) in [5.41, 5.74) is 4.40. The van der Waals surface area contributed by atoms with Gasteiger partial charge in [0.15, 0.2) is 6.10 Å². The number of carbonyl (C=O) groups is 2. The Hall–Kier alpha value is -3.48. The summed E-state index contributed by atoms with van der Waals surface area (Å²) in [4.78, 5) is 24.2. The third-order valence-corrected chi connectivity index (χ3v) is 5.07. The number of rotatable bonds is 11. The van der Waals surface area contributed by atoms with Crippen molar-refractivity contribution in [2.24, 2.45) is 0 Å². The maximum absolute atomic E-state index is 12.8. The summed E-state index contributed by atoms with van der Waals surface area (Å²) < 4.78 is 12.1. The number of hydrogen-bond donors (Lipinski definition) is 1. The Morgan fingerprint density at radius 3 is 2.48 bits per heavy atom. The van der Waals surface area contributed by atoms with Crippen LogP contribution in [0.1, 0.15) is 39.7 Å². The van der Waals surface area contributed by atoms with Gasteiger partial charge in [0.1, 0.15) is 0 Å². The van der Waals surface area contributed by atoms with Gasteiger partial charge < -0.3 is 19.1 Å². The first-order chi connectivity index (χ1) is 16.0. The molecule has 1 N–H and O–H groups in total. The predicted octanol–water partition coefficient (Wildman–Crippen LogP) is 4.18. The first-order valence-electron chi connectivity index (χ1n) is 10.9. The van der Waals surface area contributed by atoms with E-state index in [9.17, 15) is 14.7 Å². The molecule has 2 aromatic carbocycles. The zero-order valence-electron chi connectivity index (χ0n) is 18.9. The molecule has 1 aromatic heterocycles. The second-order valence-corrected chi connectivity index (χ2v) is 7.67. The molecule has 0 spiro atoms. The summed E-state index contributed by atoms with van der Waals surface area (Å²) in [5.74, 6) is -0.671. The van der Waals surface area contributed by atoms with Gasteiger partial charge in [-0.15, -0.1) is 0 Å². The van der Waals surface area contributed by atoms with Gasteiger partial charge in [0, 0.05) is 18.3 Å². The van der Waals surface area contributed by atoms with Crippen LogP contribution < -0.4 is 0 Å². The number of esters is 1. The Kier molecular flexibility index (Phi) is 8.75. The minimum absolute atomic E-state index is 0.00540. The van der Waals surface area contributed by atoms with Crippen LogP contribution in [0, 0.1) is 6.92 Å². The lowest BCUT2D eigenvalue weighted by Crippen LogP contribution is -2.27. The van der Waals surface area contributed by atoms with Crippen molar-refractivity contribution >= 4 is 17.8 Å². The SMILES string of the molecule is CCOC(=O)[C@H](O)COCc1ccc(C=CCn2cccc2C(=O)c2ccc(C)cc2)cc1. The molecule has 1 heterocycles. The van der Waals surface area contributed by atoms with Gasteiger partial charge in [-0.05, 0) is 37.1 Å². The van der Waals surface area contributed by atoms with Crippen molar-refractivity contribution in [3.8, 4) is 0 Å². The van der Waals surface area contributed by atoms with Crippen LogP contribution in [0.5, 0.6) is 0 Å². The van der Waals surface area contributed by atoms with Crippen molar-refractivity contribution in [2.45, 2.75) is 33.1 Å². The highest BCUT2D eigenvalue weighted by Gasteiger charge is 2.16. The van der Waals surface area contributed by atoms with Crippen molar-refractivity contribution < 1.29 is 24.2 Å². The lowest BCUT2D eigenvalue weighted by Gasteiger charge is -2.10. The maximum atomic E-state index is 12.8. The van der Waals surface area contributed by atoms with Crippen LogP contribution in [0.3, 0.4) is 0 Å². The number of allylic oxidation sites excluding steroid dienone is 1. The average Bonchev–Trinajstić information content (AvgIpc) is 3.28. The fourth-order valence-electron chi connectivity index (χ4n) is 3.25. The number of aromatic nitrogens is 1. The van der Waals surface area contributed by atoms with E-state index in [2.05, 4.69) is 0 Å². The zero-order chi connectivity index (χ0) is 23.6. The van der Waals surface area contributed by atoms with Gasteiger partial charge in [-0.2, -0.15) is 0 Å². The number of aliphatic hydroxyl groups is 1. The molecule has 3 rings (SSSR count). The Balaban J connectivity index is 1.51. The van der Waals surface area contributed by atoms with Gasteiger partial charge in [0.2, 0.25) is 5.78 Å². The van der Waals surface area contributed by atoms with E-state index in [0.29, 0.717) is 17.8 Å². The molecule has 0 fully saturated rings. The number of aliphatic hydroxyl groups excluding tert-OH is 1. The van der Waals surface area contributed by atoms with Crippen LogP contribution in [0.2, 0.25) is 0 Å². The molecule has 0 aliphatic heterocycles. The Morgan fingerprint density at radius 1 is 1.06 bits per heavy atom.